The SMILES string of the molecule is CC(CO)C(C)NCC(=O)NC1CCCCC1. The van der Waals surface area contributed by atoms with E-state index in [1.54, 1.807) is 0 Å². The predicted molar refractivity (Wildman–Crippen MR) is 68.7 cm³/mol. The summed E-state index contributed by atoms with van der Waals surface area (Å²) in [5.74, 6) is 0.256. The maximum atomic E-state index is 11.7. The van der Waals surface area contributed by atoms with Crippen LogP contribution in [0.3, 0.4) is 0 Å². The van der Waals surface area contributed by atoms with Gasteiger partial charge in [-0.1, -0.05) is 26.2 Å². The Balaban J connectivity index is 2.16. The molecule has 1 saturated carbocycles. The standard InChI is InChI=1S/C13H26N2O2/c1-10(9-16)11(2)14-8-13(17)15-12-6-4-3-5-7-12/h10-12,14,16H,3-9H2,1-2H3,(H,15,17). The van der Waals surface area contributed by atoms with Crippen molar-refractivity contribution < 1.29 is 9.90 Å². The van der Waals surface area contributed by atoms with Crippen molar-refractivity contribution in [2.45, 2.75) is 58.0 Å². The van der Waals surface area contributed by atoms with Crippen molar-refractivity contribution in [3.63, 3.8) is 0 Å². The number of aliphatic hydroxyl groups is 1. The molecule has 2 atom stereocenters. The maximum Gasteiger partial charge on any atom is 0.234 e. The average Bonchev–Trinajstić information content (AvgIpc) is 2.36. The molecular formula is C13H26N2O2. The van der Waals surface area contributed by atoms with Crippen LogP contribution in [0.5, 0.6) is 0 Å². The minimum absolute atomic E-state index is 0.0777. The molecular weight excluding hydrogens is 216 g/mol. The Labute approximate surface area is 104 Å². The third kappa shape index (κ3) is 5.50. The fourth-order valence-corrected chi connectivity index (χ4v) is 2.14. The van der Waals surface area contributed by atoms with E-state index in [1.165, 1.54) is 19.3 Å². The Morgan fingerprint density at radius 1 is 1.29 bits per heavy atom. The second-order valence-corrected chi connectivity index (χ2v) is 5.23. The number of hydrogen-bond donors (Lipinski definition) is 3. The number of rotatable bonds is 6. The van der Waals surface area contributed by atoms with Crippen LogP contribution in [-0.2, 0) is 4.79 Å². The number of nitrogens with one attached hydrogen (secondary N) is 2. The zero-order chi connectivity index (χ0) is 12.7. The fraction of sp³-hybridized carbons (Fsp3) is 0.923. The van der Waals surface area contributed by atoms with Gasteiger partial charge in [0, 0.05) is 18.7 Å². The van der Waals surface area contributed by atoms with Crippen LogP contribution in [0.2, 0.25) is 0 Å². The van der Waals surface area contributed by atoms with Crippen molar-refractivity contribution in [2.75, 3.05) is 13.2 Å². The molecule has 0 aromatic heterocycles. The molecule has 100 valence electrons. The molecule has 0 spiro atoms. The van der Waals surface area contributed by atoms with Gasteiger partial charge in [-0.3, -0.25) is 4.79 Å². The molecule has 3 N–H and O–H groups in total. The predicted octanol–water partition coefficient (Wildman–Crippen LogP) is 1.04. The Morgan fingerprint density at radius 3 is 2.53 bits per heavy atom. The minimum atomic E-state index is 0.0777. The molecule has 0 bridgehead atoms. The highest BCUT2D eigenvalue weighted by molar-refractivity contribution is 5.78. The molecule has 0 aliphatic heterocycles. The molecule has 0 aromatic carbocycles. The van der Waals surface area contributed by atoms with E-state index in [0.717, 1.165) is 12.8 Å². The Bertz CT molecular complexity index is 227. The zero-order valence-corrected chi connectivity index (χ0v) is 11.0. The van der Waals surface area contributed by atoms with E-state index in [2.05, 4.69) is 10.6 Å². The minimum Gasteiger partial charge on any atom is -0.396 e. The number of carbonyl (C=O) groups excluding carboxylic acids is 1. The lowest BCUT2D eigenvalue weighted by molar-refractivity contribution is -0.121. The van der Waals surface area contributed by atoms with Crippen LogP contribution in [0.25, 0.3) is 0 Å². The Hall–Kier alpha value is -0.610. The van der Waals surface area contributed by atoms with E-state index >= 15 is 0 Å². The molecule has 1 aliphatic rings. The summed E-state index contributed by atoms with van der Waals surface area (Å²) in [4.78, 5) is 11.7. The largest absolute Gasteiger partial charge is 0.396 e. The van der Waals surface area contributed by atoms with E-state index in [4.69, 9.17) is 5.11 Å². The van der Waals surface area contributed by atoms with Gasteiger partial charge >= 0.3 is 0 Å². The molecule has 1 amide bonds. The fourth-order valence-electron chi connectivity index (χ4n) is 2.14. The van der Waals surface area contributed by atoms with Gasteiger partial charge in [-0.25, -0.2) is 0 Å². The average molecular weight is 242 g/mol. The number of aliphatic hydroxyl groups excluding tert-OH is 1. The lowest BCUT2D eigenvalue weighted by Gasteiger charge is -2.24. The lowest BCUT2D eigenvalue weighted by Crippen LogP contribution is -2.44. The Morgan fingerprint density at radius 2 is 1.94 bits per heavy atom. The molecule has 2 unspecified atom stereocenters. The summed E-state index contributed by atoms with van der Waals surface area (Å²) < 4.78 is 0. The first-order valence-corrected chi connectivity index (χ1v) is 6.77. The van der Waals surface area contributed by atoms with Crippen LogP contribution in [-0.4, -0.2) is 36.2 Å². The molecule has 1 aliphatic carbocycles. The smallest absolute Gasteiger partial charge is 0.234 e. The molecule has 0 aromatic rings. The number of amides is 1. The van der Waals surface area contributed by atoms with Crippen LogP contribution < -0.4 is 10.6 Å². The van der Waals surface area contributed by atoms with Gasteiger partial charge in [-0.15, -0.1) is 0 Å². The molecule has 0 radical (unpaired) electrons. The van der Waals surface area contributed by atoms with Crippen molar-refractivity contribution in [1.82, 2.24) is 10.6 Å². The van der Waals surface area contributed by atoms with Crippen molar-refractivity contribution in [3.05, 3.63) is 0 Å². The molecule has 4 heteroatoms. The summed E-state index contributed by atoms with van der Waals surface area (Å²) in [5.41, 5.74) is 0. The van der Waals surface area contributed by atoms with Crippen LogP contribution in [0.4, 0.5) is 0 Å². The monoisotopic (exact) mass is 242 g/mol. The van der Waals surface area contributed by atoms with Gasteiger partial charge in [0.1, 0.15) is 0 Å². The van der Waals surface area contributed by atoms with E-state index in [1.807, 2.05) is 13.8 Å². The molecule has 0 saturated heterocycles. The molecule has 4 nitrogen and oxygen atoms in total. The maximum absolute atomic E-state index is 11.7. The van der Waals surface area contributed by atoms with E-state index in [9.17, 15) is 4.79 Å². The van der Waals surface area contributed by atoms with Gasteiger partial charge < -0.3 is 15.7 Å². The van der Waals surface area contributed by atoms with Gasteiger partial charge in [-0.05, 0) is 25.7 Å². The van der Waals surface area contributed by atoms with Crippen LogP contribution in [0.1, 0.15) is 46.0 Å². The Kier molecular flexibility index (Phi) is 6.52. The third-order valence-electron chi connectivity index (χ3n) is 3.70. The van der Waals surface area contributed by atoms with Crippen LogP contribution in [0.15, 0.2) is 0 Å². The second kappa shape index (κ2) is 7.67. The van der Waals surface area contributed by atoms with Crippen molar-refractivity contribution in [1.29, 1.82) is 0 Å². The summed E-state index contributed by atoms with van der Waals surface area (Å²) >= 11 is 0. The molecule has 1 fully saturated rings. The summed E-state index contributed by atoms with van der Waals surface area (Å²) in [6.07, 6.45) is 6.00. The van der Waals surface area contributed by atoms with Crippen molar-refractivity contribution in [2.24, 2.45) is 5.92 Å². The summed E-state index contributed by atoms with van der Waals surface area (Å²) in [6, 6.07) is 0.542. The first kappa shape index (κ1) is 14.5. The third-order valence-corrected chi connectivity index (χ3v) is 3.70. The van der Waals surface area contributed by atoms with Gasteiger partial charge in [-0.2, -0.15) is 0 Å². The highest BCUT2D eigenvalue weighted by Crippen LogP contribution is 2.17. The number of hydrogen-bond acceptors (Lipinski definition) is 3. The van der Waals surface area contributed by atoms with Crippen LogP contribution >= 0.6 is 0 Å². The summed E-state index contributed by atoms with van der Waals surface area (Å²) in [5, 5.41) is 15.2. The number of carbonyl (C=O) groups is 1. The molecule has 1 rings (SSSR count). The van der Waals surface area contributed by atoms with Gasteiger partial charge in [0.2, 0.25) is 5.91 Å². The summed E-state index contributed by atoms with van der Waals surface area (Å²) in [6.45, 7) is 4.46. The quantitative estimate of drug-likeness (QED) is 0.652. The highest BCUT2D eigenvalue weighted by atomic mass is 16.3. The summed E-state index contributed by atoms with van der Waals surface area (Å²) in [7, 11) is 0. The zero-order valence-electron chi connectivity index (χ0n) is 11.0. The first-order chi connectivity index (χ1) is 8.13. The van der Waals surface area contributed by atoms with Crippen molar-refractivity contribution in [3.8, 4) is 0 Å². The second-order valence-electron chi connectivity index (χ2n) is 5.23. The van der Waals surface area contributed by atoms with Crippen LogP contribution in [0, 0.1) is 5.92 Å². The highest BCUT2D eigenvalue weighted by Gasteiger charge is 2.16. The first-order valence-electron chi connectivity index (χ1n) is 6.77. The normalized spacial score (nSPS) is 20.9. The van der Waals surface area contributed by atoms with Gasteiger partial charge in [0.25, 0.3) is 0 Å². The molecule has 17 heavy (non-hydrogen) atoms. The van der Waals surface area contributed by atoms with Crippen molar-refractivity contribution >= 4 is 5.91 Å². The molecule has 0 heterocycles. The lowest BCUT2D eigenvalue weighted by atomic mass is 9.95. The van der Waals surface area contributed by atoms with E-state index in [-0.39, 0.29) is 24.5 Å². The van der Waals surface area contributed by atoms with E-state index < -0.39 is 0 Å². The van der Waals surface area contributed by atoms with Gasteiger partial charge in [0.05, 0.1) is 6.54 Å². The topological polar surface area (TPSA) is 61.4 Å². The van der Waals surface area contributed by atoms with Gasteiger partial charge in [0.15, 0.2) is 0 Å². The van der Waals surface area contributed by atoms with E-state index in [0.29, 0.717) is 12.6 Å².